The predicted octanol–water partition coefficient (Wildman–Crippen LogP) is 7.06. The zero-order valence-corrected chi connectivity index (χ0v) is 31.7. The van der Waals surface area contributed by atoms with Crippen molar-refractivity contribution in [1.29, 1.82) is 0 Å². The molecule has 2 aliphatic heterocycles. The van der Waals surface area contributed by atoms with E-state index >= 15 is 0 Å². The third kappa shape index (κ3) is 7.30. The number of carbonyl (C=O) groups excluding carboxylic acids is 3. The Balaban J connectivity index is 1.19. The summed E-state index contributed by atoms with van der Waals surface area (Å²) in [7, 11) is -3.88. The lowest BCUT2D eigenvalue weighted by atomic mass is 9.89. The Bertz CT molecular complexity index is 1960. The SMILES string of the molecule is Cc1cccc(C[C@H]2CCCCC/C=C\[C@@H]3C[C@@]3(C(=O)NS(=O)(=O)C3(C)CC3)CC(=O)[C@@H]3C[C@@H](Oc4nc5ccc(Br)cc5s4)CN3C2=O)c1. The highest BCUT2D eigenvalue weighted by Gasteiger charge is 2.62. The summed E-state index contributed by atoms with van der Waals surface area (Å²) in [5, 5.41) is 0.476. The summed E-state index contributed by atoms with van der Waals surface area (Å²) in [4.78, 5) is 49.3. The van der Waals surface area contributed by atoms with E-state index in [-0.39, 0.29) is 42.9 Å². The van der Waals surface area contributed by atoms with E-state index in [9.17, 15) is 22.8 Å². The fourth-order valence-corrected chi connectivity index (χ4v) is 10.4. The number of aromatic nitrogens is 1. The number of amides is 2. The molecule has 50 heavy (non-hydrogen) atoms. The van der Waals surface area contributed by atoms with E-state index in [4.69, 9.17) is 4.74 Å². The highest BCUT2D eigenvalue weighted by molar-refractivity contribution is 9.10. The van der Waals surface area contributed by atoms with Gasteiger partial charge in [0.1, 0.15) is 6.10 Å². The summed E-state index contributed by atoms with van der Waals surface area (Å²) in [6, 6.07) is 13.2. The van der Waals surface area contributed by atoms with Crippen LogP contribution in [0.4, 0.5) is 0 Å². The molecule has 266 valence electrons. The first-order valence-corrected chi connectivity index (χ1v) is 20.8. The third-order valence-electron chi connectivity index (χ3n) is 11.1. The van der Waals surface area contributed by atoms with Crippen molar-refractivity contribution in [3.63, 3.8) is 0 Å². The van der Waals surface area contributed by atoms with Gasteiger partial charge in [-0.25, -0.2) is 13.4 Å². The van der Waals surface area contributed by atoms with Gasteiger partial charge >= 0.3 is 0 Å². The lowest BCUT2D eigenvalue weighted by Gasteiger charge is -2.29. The number of ether oxygens (including phenoxy) is 1. The number of carbonyl (C=O) groups is 3. The van der Waals surface area contributed by atoms with E-state index < -0.39 is 38.2 Å². The van der Waals surface area contributed by atoms with Crippen LogP contribution in [-0.2, 0) is 30.8 Å². The summed E-state index contributed by atoms with van der Waals surface area (Å²) < 4.78 is 36.0. The summed E-state index contributed by atoms with van der Waals surface area (Å²) in [5.41, 5.74) is 1.86. The first-order chi connectivity index (χ1) is 23.9. The lowest BCUT2D eigenvalue weighted by molar-refractivity contribution is -0.142. The molecule has 5 atom stereocenters. The van der Waals surface area contributed by atoms with Crippen LogP contribution in [0.5, 0.6) is 5.19 Å². The van der Waals surface area contributed by atoms with Gasteiger partial charge in [-0.05, 0) is 88.5 Å². The number of sulfonamides is 1. The van der Waals surface area contributed by atoms with Crippen LogP contribution in [0, 0.1) is 24.2 Å². The number of hydrogen-bond acceptors (Lipinski definition) is 8. The normalized spacial score (nSPS) is 29.0. The van der Waals surface area contributed by atoms with Gasteiger partial charge in [0.15, 0.2) is 5.78 Å². The van der Waals surface area contributed by atoms with Gasteiger partial charge in [-0.1, -0.05) is 82.1 Å². The predicted molar refractivity (Wildman–Crippen MR) is 197 cm³/mol. The van der Waals surface area contributed by atoms with E-state index in [0.717, 1.165) is 51.5 Å². The summed E-state index contributed by atoms with van der Waals surface area (Å²) in [6.45, 7) is 3.92. The Hall–Kier alpha value is -3.09. The molecule has 4 aliphatic rings. The largest absolute Gasteiger partial charge is 0.465 e. The molecular formula is C38H44BrN3O6S2. The summed E-state index contributed by atoms with van der Waals surface area (Å²) in [6.07, 6.45) is 10.0. The van der Waals surface area contributed by atoms with E-state index in [0.29, 0.717) is 37.3 Å². The third-order valence-corrected chi connectivity index (χ3v) is 14.7. The number of allylic oxidation sites excluding steroid dienone is 2. The van der Waals surface area contributed by atoms with E-state index in [1.54, 1.807) is 11.8 Å². The van der Waals surface area contributed by atoms with Crippen molar-refractivity contribution in [3.05, 3.63) is 70.2 Å². The molecule has 2 aromatic carbocycles. The fraction of sp³-hybridized carbons (Fsp3) is 0.526. The number of fused-ring (bicyclic) bond motifs is 3. The number of aryl methyl sites for hydroxylation is 1. The molecule has 1 saturated heterocycles. The molecule has 0 radical (unpaired) electrons. The molecule has 0 unspecified atom stereocenters. The zero-order chi connectivity index (χ0) is 35.3. The quantitative estimate of drug-likeness (QED) is 0.255. The van der Waals surface area contributed by atoms with Gasteiger partial charge in [0.2, 0.25) is 21.8 Å². The molecule has 1 aromatic heterocycles. The number of nitrogens with one attached hydrogen (secondary N) is 1. The van der Waals surface area contributed by atoms with Crippen LogP contribution in [0.15, 0.2) is 59.1 Å². The Morgan fingerprint density at radius 1 is 1.14 bits per heavy atom. The van der Waals surface area contributed by atoms with Crippen LogP contribution in [0.1, 0.15) is 82.3 Å². The van der Waals surface area contributed by atoms with Gasteiger partial charge in [0.05, 0.1) is 33.0 Å². The minimum absolute atomic E-state index is 0.0766. The van der Waals surface area contributed by atoms with Crippen LogP contribution in [-0.4, -0.2) is 59.3 Å². The minimum atomic E-state index is -3.88. The first kappa shape index (κ1) is 35.3. The van der Waals surface area contributed by atoms with E-state index in [1.165, 1.54) is 11.3 Å². The van der Waals surface area contributed by atoms with Crippen molar-refractivity contribution >= 4 is 65.1 Å². The summed E-state index contributed by atoms with van der Waals surface area (Å²) >= 11 is 4.93. The molecule has 2 aliphatic carbocycles. The van der Waals surface area contributed by atoms with Crippen molar-refractivity contribution < 1.29 is 27.5 Å². The first-order valence-electron chi connectivity index (χ1n) is 17.7. The molecular weight excluding hydrogens is 738 g/mol. The highest BCUT2D eigenvalue weighted by Crippen LogP contribution is 2.57. The topological polar surface area (TPSA) is 123 Å². The van der Waals surface area contributed by atoms with Crippen LogP contribution in [0.3, 0.4) is 0 Å². The number of Topliss-reactive ketones (excluding diaryl/α,β-unsaturated/α-hetero) is 1. The molecule has 9 nitrogen and oxygen atoms in total. The molecule has 3 fully saturated rings. The molecule has 1 N–H and O–H groups in total. The Morgan fingerprint density at radius 3 is 2.74 bits per heavy atom. The lowest BCUT2D eigenvalue weighted by Crippen LogP contribution is -2.47. The standard InChI is InChI=1S/C38H44BrN3O6S2/c1-24-9-8-10-25(17-24)18-26-11-6-4-3-5-7-12-27-21-38(27,35(45)41-50(46,47)37(2)15-16-37)22-32(43)31-20-29(23-42(31)34(26)44)48-36-40-30-14-13-28(39)19-33(30)49-36/h7-10,12-14,17,19,26-27,29,31H,3-6,11,15-16,18,20-23H2,1-2H3,(H,41,45)/b12-7-/t26-,27-,29-,31+,38-/m1/s1. The van der Waals surface area contributed by atoms with E-state index in [2.05, 4.69) is 43.8 Å². The summed E-state index contributed by atoms with van der Waals surface area (Å²) in [5.74, 6) is -1.48. The molecule has 12 heteroatoms. The zero-order valence-electron chi connectivity index (χ0n) is 28.5. The molecule has 7 rings (SSSR count). The minimum Gasteiger partial charge on any atom is -0.465 e. The number of nitrogens with zero attached hydrogens (tertiary/aromatic N) is 2. The van der Waals surface area contributed by atoms with Crippen molar-refractivity contribution in [2.24, 2.45) is 17.3 Å². The fourth-order valence-electron chi connectivity index (χ4n) is 7.61. The van der Waals surface area contributed by atoms with Gasteiger partial charge in [0.25, 0.3) is 5.19 Å². The molecule has 3 aromatic rings. The van der Waals surface area contributed by atoms with Crippen molar-refractivity contribution in [2.45, 2.75) is 101 Å². The van der Waals surface area contributed by atoms with Gasteiger partial charge < -0.3 is 9.64 Å². The molecule has 2 saturated carbocycles. The molecule has 2 amide bonds. The molecule has 3 heterocycles. The van der Waals surface area contributed by atoms with Crippen LogP contribution < -0.4 is 9.46 Å². The van der Waals surface area contributed by atoms with Crippen LogP contribution >= 0.6 is 27.3 Å². The average Bonchev–Trinajstić information content (AvgIpc) is 3.88. The van der Waals surface area contributed by atoms with Gasteiger partial charge in [-0.15, -0.1) is 0 Å². The number of ketones is 1. The number of rotatable bonds is 7. The number of halogens is 1. The van der Waals surface area contributed by atoms with Crippen molar-refractivity contribution in [3.8, 4) is 5.19 Å². The van der Waals surface area contributed by atoms with E-state index in [1.807, 2.05) is 43.3 Å². The van der Waals surface area contributed by atoms with Crippen molar-refractivity contribution in [2.75, 3.05) is 6.54 Å². The second kappa shape index (κ2) is 13.8. The Labute approximate surface area is 306 Å². The smallest absolute Gasteiger partial charge is 0.274 e. The molecule has 0 bridgehead atoms. The highest BCUT2D eigenvalue weighted by atomic mass is 79.9. The Morgan fingerprint density at radius 2 is 1.96 bits per heavy atom. The Kier molecular flexibility index (Phi) is 9.75. The van der Waals surface area contributed by atoms with Gasteiger partial charge in [0, 0.05) is 23.2 Å². The maximum Gasteiger partial charge on any atom is 0.274 e. The maximum atomic E-state index is 14.6. The van der Waals surface area contributed by atoms with Gasteiger partial charge in [-0.2, -0.15) is 0 Å². The second-order valence-electron chi connectivity index (χ2n) is 15.0. The van der Waals surface area contributed by atoms with Gasteiger partial charge in [-0.3, -0.25) is 19.1 Å². The number of thiazole rings is 1. The van der Waals surface area contributed by atoms with Crippen LogP contribution in [0.2, 0.25) is 0 Å². The average molecular weight is 783 g/mol. The monoisotopic (exact) mass is 781 g/mol. The number of hydrogen-bond donors (Lipinski definition) is 1. The number of benzene rings is 2. The van der Waals surface area contributed by atoms with Crippen molar-refractivity contribution in [1.82, 2.24) is 14.6 Å². The second-order valence-corrected chi connectivity index (χ2v) is 19.1. The molecule has 0 spiro atoms. The van der Waals surface area contributed by atoms with Crippen LogP contribution in [0.25, 0.3) is 10.2 Å². The maximum absolute atomic E-state index is 14.6.